The molecule has 1 saturated carbocycles. The number of hydrogen-bond donors (Lipinski definition) is 0. The summed E-state index contributed by atoms with van der Waals surface area (Å²) in [4.78, 5) is 0. The van der Waals surface area contributed by atoms with Gasteiger partial charge in [0.05, 0.1) is 6.04 Å². The van der Waals surface area contributed by atoms with E-state index in [0.717, 1.165) is 12.8 Å². The van der Waals surface area contributed by atoms with E-state index in [1.54, 1.807) is 0 Å². The van der Waals surface area contributed by atoms with Gasteiger partial charge in [0.25, 0.3) is 0 Å². The fourth-order valence-corrected chi connectivity index (χ4v) is 1.29. The Bertz CT molecular complexity index is 323. The molecular weight excluding hydrogens is 181 g/mol. The summed E-state index contributed by atoms with van der Waals surface area (Å²) in [5.74, 6) is 0. The fraction of sp³-hybridized carbons (Fsp3) is 0.625. The van der Waals surface area contributed by atoms with Crippen molar-refractivity contribution in [1.82, 2.24) is 9.78 Å². The Kier molecular flexibility index (Phi) is 1.65. The van der Waals surface area contributed by atoms with Crippen molar-refractivity contribution >= 4 is 0 Å². The molecule has 1 aromatic rings. The van der Waals surface area contributed by atoms with Crippen LogP contribution in [0.25, 0.3) is 0 Å². The predicted molar refractivity (Wildman–Crippen MR) is 40.2 cm³/mol. The van der Waals surface area contributed by atoms with Crippen molar-refractivity contribution in [2.24, 2.45) is 0 Å². The van der Waals surface area contributed by atoms with E-state index in [1.807, 2.05) is 0 Å². The number of alkyl halides is 3. The number of halogens is 3. The normalized spacial score (nSPS) is 17.8. The Morgan fingerprint density at radius 1 is 1.46 bits per heavy atom. The molecule has 2 rings (SSSR count). The average molecular weight is 190 g/mol. The van der Waals surface area contributed by atoms with Gasteiger partial charge in [0.2, 0.25) is 0 Å². The minimum absolute atomic E-state index is 0.204. The monoisotopic (exact) mass is 190 g/mol. The van der Waals surface area contributed by atoms with Crippen LogP contribution in [0.1, 0.15) is 30.1 Å². The SMILES string of the molecule is Cc1cn(C2CC2)nc1C(F)(F)F. The fourth-order valence-electron chi connectivity index (χ4n) is 1.29. The molecule has 0 unspecified atom stereocenters. The summed E-state index contributed by atoms with van der Waals surface area (Å²) in [5.41, 5.74) is -0.543. The second kappa shape index (κ2) is 2.49. The standard InChI is InChI=1S/C8H9F3N2/c1-5-4-13(6-2-3-6)12-7(5)8(9,10)11/h4,6H,2-3H2,1H3. The van der Waals surface area contributed by atoms with Crippen LogP contribution in [0.3, 0.4) is 0 Å². The van der Waals surface area contributed by atoms with E-state index < -0.39 is 11.9 Å². The summed E-state index contributed by atoms with van der Waals surface area (Å²) in [6, 6.07) is 0.204. The van der Waals surface area contributed by atoms with Gasteiger partial charge in [0, 0.05) is 6.20 Å². The molecule has 2 nitrogen and oxygen atoms in total. The first kappa shape index (κ1) is 8.59. The summed E-state index contributed by atoms with van der Waals surface area (Å²) in [5, 5.41) is 3.53. The van der Waals surface area contributed by atoms with Crippen LogP contribution in [-0.4, -0.2) is 9.78 Å². The number of rotatable bonds is 1. The first-order valence-electron chi connectivity index (χ1n) is 4.11. The predicted octanol–water partition coefficient (Wildman–Crippen LogP) is 2.55. The van der Waals surface area contributed by atoms with Crippen LogP contribution >= 0.6 is 0 Å². The second-order valence-corrected chi connectivity index (χ2v) is 3.37. The van der Waals surface area contributed by atoms with E-state index in [4.69, 9.17) is 0 Å². The van der Waals surface area contributed by atoms with Crippen molar-refractivity contribution < 1.29 is 13.2 Å². The summed E-state index contributed by atoms with van der Waals surface area (Å²) < 4.78 is 38.2. The molecular formula is C8H9F3N2. The average Bonchev–Trinajstić information content (AvgIpc) is 2.73. The third kappa shape index (κ3) is 1.55. The van der Waals surface area contributed by atoms with Gasteiger partial charge in [0.1, 0.15) is 0 Å². The largest absolute Gasteiger partial charge is 0.435 e. The Morgan fingerprint density at radius 3 is 2.46 bits per heavy atom. The molecule has 0 bridgehead atoms. The number of aromatic nitrogens is 2. The van der Waals surface area contributed by atoms with Gasteiger partial charge in [-0.05, 0) is 25.3 Å². The van der Waals surface area contributed by atoms with Crippen LogP contribution in [0.4, 0.5) is 13.2 Å². The maximum absolute atomic E-state index is 12.3. The van der Waals surface area contributed by atoms with Crippen LogP contribution in [0.2, 0.25) is 0 Å². The highest BCUT2D eigenvalue weighted by Gasteiger charge is 2.37. The molecule has 0 spiro atoms. The molecule has 1 fully saturated rings. The second-order valence-electron chi connectivity index (χ2n) is 3.37. The van der Waals surface area contributed by atoms with Crippen LogP contribution in [0.15, 0.2) is 6.20 Å². The van der Waals surface area contributed by atoms with Crippen molar-refractivity contribution in [2.75, 3.05) is 0 Å². The maximum atomic E-state index is 12.3. The van der Waals surface area contributed by atoms with E-state index >= 15 is 0 Å². The topological polar surface area (TPSA) is 17.8 Å². The molecule has 1 aromatic heterocycles. The summed E-state index contributed by atoms with van der Waals surface area (Å²) in [6.45, 7) is 1.44. The van der Waals surface area contributed by atoms with Crippen LogP contribution in [0, 0.1) is 6.92 Å². The van der Waals surface area contributed by atoms with Crippen molar-refractivity contribution in [3.8, 4) is 0 Å². The van der Waals surface area contributed by atoms with Gasteiger partial charge in [-0.15, -0.1) is 0 Å². The van der Waals surface area contributed by atoms with Gasteiger partial charge >= 0.3 is 6.18 Å². The molecule has 0 aromatic carbocycles. The van der Waals surface area contributed by atoms with Crippen LogP contribution < -0.4 is 0 Å². The minimum atomic E-state index is -4.32. The lowest BCUT2D eigenvalue weighted by molar-refractivity contribution is -0.141. The molecule has 0 saturated heterocycles. The molecule has 1 aliphatic carbocycles. The number of nitrogens with zero attached hydrogens (tertiary/aromatic N) is 2. The lowest BCUT2D eigenvalue weighted by Gasteiger charge is -2.02. The van der Waals surface area contributed by atoms with Crippen molar-refractivity contribution in [3.63, 3.8) is 0 Å². The summed E-state index contributed by atoms with van der Waals surface area (Å²) in [6.07, 6.45) is -0.957. The molecule has 13 heavy (non-hydrogen) atoms. The first-order valence-corrected chi connectivity index (χ1v) is 4.11. The molecule has 0 amide bonds. The molecule has 0 aliphatic heterocycles. The molecule has 72 valence electrons. The third-order valence-electron chi connectivity index (χ3n) is 2.10. The van der Waals surface area contributed by atoms with Gasteiger partial charge in [-0.2, -0.15) is 18.3 Å². The van der Waals surface area contributed by atoms with E-state index in [2.05, 4.69) is 5.10 Å². The first-order chi connectivity index (χ1) is 5.98. The Labute approximate surface area is 73.4 Å². The van der Waals surface area contributed by atoms with Gasteiger partial charge < -0.3 is 0 Å². The molecule has 1 heterocycles. The highest BCUT2D eigenvalue weighted by atomic mass is 19.4. The Balaban J connectivity index is 2.35. The van der Waals surface area contributed by atoms with Gasteiger partial charge in [0.15, 0.2) is 5.69 Å². The van der Waals surface area contributed by atoms with Crippen LogP contribution in [0.5, 0.6) is 0 Å². The van der Waals surface area contributed by atoms with Gasteiger partial charge in [-0.1, -0.05) is 0 Å². The summed E-state index contributed by atoms with van der Waals surface area (Å²) in [7, 11) is 0. The lowest BCUT2D eigenvalue weighted by atomic mass is 10.3. The van der Waals surface area contributed by atoms with Crippen molar-refractivity contribution in [1.29, 1.82) is 0 Å². The zero-order valence-corrected chi connectivity index (χ0v) is 7.10. The molecule has 0 radical (unpaired) electrons. The van der Waals surface area contributed by atoms with Crippen molar-refractivity contribution in [2.45, 2.75) is 32.0 Å². The Morgan fingerprint density at radius 2 is 2.08 bits per heavy atom. The molecule has 5 heteroatoms. The number of hydrogen-bond acceptors (Lipinski definition) is 1. The molecule has 0 atom stereocenters. The quantitative estimate of drug-likeness (QED) is 0.665. The van der Waals surface area contributed by atoms with Gasteiger partial charge in [-0.25, -0.2) is 0 Å². The smallest absolute Gasteiger partial charge is 0.269 e. The molecule has 1 aliphatic rings. The highest BCUT2D eigenvalue weighted by Crippen LogP contribution is 2.37. The van der Waals surface area contributed by atoms with Gasteiger partial charge in [-0.3, -0.25) is 4.68 Å². The molecule has 0 N–H and O–H groups in total. The van der Waals surface area contributed by atoms with E-state index in [9.17, 15) is 13.2 Å². The van der Waals surface area contributed by atoms with Crippen LogP contribution in [-0.2, 0) is 6.18 Å². The zero-order valence-electron chi connectivity index (χ0n) is 7.10. The zero-order chi connectivity index (χ0) is 9.64. The third-order valence-corrected chi connectivity index (χ3v) is 2.10. The van der Waals surface area contributed by atoms with E-state index in [-0.39, 0.29) is 11.6 Å². The maximum Gasteiger partial charge on any atom is 0.435 e. The lowest BCUT2D eigenvalue weighted by Crippen LogP contribution is -2.08. The Hall–Kier alpha value is -1.00. The van der Waals surface area contributed by atoms with E-state index in [0.29, 0.717) is 0 Å². The summed E-state index contributed by atoms with van der Waals surface area (Å²) >= 11 is 0. The number of aryl methyl sites for hydroxylation is 1. The van der Waals surface area contributed by atoms with E-state index in [1.165, 1.54) is 17.8 Å². The van der Waals surface area contributed by atoms with Crippen molar-refractivity contribution in [3.05, 3.63) is 17.5 Å². The highest BCUT2D eigenvalue weighted by molar-refractivity contribution is 5.18. The minimum Gasteiger partial charge on any atom is -0.269 e.